The Hall–Kier alpha value is -1.96. The standard InChI is InChI=1S/C30H46O2/c1-13-29(11,14-2)31-27-19(5)17-25(21(7)23(27)9)26-18-20(6)28(24(10)22(26)8)32-30(12,15-3)16-4/h17-18H,13-16H2,1-12H3. The zero-order chi connectivity index (χ0) is 24.4. The minimum atomic E-state index is -0.128. The number of benzene rings is 2. The van der Waals surface area contributed by atoms with Crippen LogP contribution in [0.2, 0.25) is 0 Å². The highest BCUT2D eigenvalue weighted by Crippen LogP contribution is 2.42. The van der Waals surface area contributed by atoms with Crippen molar-refractivity contribution in [2.45, 2.75) is 120 Å². The molecule has 2 rings (SSSR count). The van der Waals surface area contributed by atoms with Gasteiger partial charge in [-0.25, -0.2) is 0 Å². The lowest BCUT2D eigenvalue weighted by molar-refractivity contribution is 0.0782. The van der Waals surface area contributed by atoms with E-state index in [1.54, 1.807) is 0 Å². The lowest BCUT2D eigenvalue weighted by Gasteiger charge is -2.32. The quantitative estimate of drug-likeness (QED) is 0.388. The van der Waals surface area contributed by atoms with Crippen LogP contribution >= 0.6 is 0 Å². The Kier molecular flexibility index (Phi) is 8.13. The summed E-state index contributed by atoms with van der Waals surface area (Å²) in [5.41, 5.74) is 9.82. The van der Waals surface area contributed by atoms with E-state index < -0.39 is 0 Å². The molecule has 2 aromatic carbocycles. The Morgan fingerprint density at radius 3 is 1.06 bits per heavy atom. The molecule has 0 unspecified atom stereocenters. The Balaban J connectivity index is 2.62. The largest absolute Gasteiger partial charge is 0.487 e. The molecule has 0 saturated carbocycles. The van der Waals surface area contributed by atoms with E-state index in [4.69, 9.17) is 9.47 Å². The third kappa shape index (κ3) is 5.00. The molecule has 0 aliphatic carbocycles. The normalized spacial score (nSPS) is 12.2. The van der Waals surface area contributed by atoms with Crippen molar-refractivity contribution in [2.24, 2.45) is 0 Å². The molecule has 0 bridgehead atoms. The van der Waals surface area contributed by atoms with Crippen molar-refractivity contribution < 1.29 is 9.47 Å². The van der Waals surface area contributed by atoms with Crippen LogP contribution in [0.1, 0.15) is 101 Å². The first kappa shape index (κ1) is 26.3. The molecule has 0 fully saturated rings. The van der Waals surface area contributed by atoms with E-state index in [1.807, 2.05) is 0 Å². The van der Waals surface area contributed by atoms with Gasteiger partial charge in [0.25, 0.3) is 0 Å². The predicted octanol–water partition coefficient (Wildman–Crippen LogP) is 9.12. The van der Waals surface area contributed by atoms with Crippen molar-refractivity contribution in [3.05, 3.63) is 45.5 Å². The van der Waals surface area contributed by atoms with Crippen molar-refractivity contribution in [1.29, 1.82) is 0 Å². The van der Waals surface area contributed by atoms with Crippen LogP contribution in [-0.2, 0) is 0 Å². The molecule has 0 heterocycles. The summed E-state index contributed by atoms with van der Waals surface area (Å²) in [7, 11) is 0. The van der Waals surface area contributed by atoms with Gasteiger partial charge in [-0.2, -0.15) is 0 Å². The molecule has 0 saturated heterocycles. The molecule has 0 amide bonds. The Morgan fingerprint density at radius 1 is 0.531 bits per heavy atom. The minimum Gasteiger partial charge on any atom is -0.487 e. The highest BCUT2D eigenvalue weighted by Gasteiger charge is 2.27. The lowest BCUT2D eigenvalue weighted by atomic mass is 9.88. The third-order valence-electron chi connectivity index (χ3n) is 8.03. The van der Waals surface area contributed by atoms with E-state index in [0.29, 0.717) is 0 Å². The van der Waals surface area contributed by atoms with Crippen molar-refractivity contribution in [3.63, 3.8) is 0 Å². The molecule has 2 nitrogen and oxygen atoms in total. The molecule has 0 radical (unpaired) electrons. The van der Waals surface area contributed by atoms with Gasteiger partial charge >= 0.3 is 0 Å². The fraction of sp³-hybridized carbons (Fsp3) is 0.600. The first-order valence-electron chi connectivity index (χ1n) is 12.5. The fourth-order valence-electron chi connectivity index (χ4n) is 4.27. The van der Waals surface area contributed by atoms with Crippen LogP contribution < -0.4 is 9.47 Å². The second-order valence-corrected chi connectivity index (χ2v) is 10.2. The first-order valence-corrected chi connectivity index (χ1v) is 12.5. The summed E-state index contributed by atoms with van der Waals surface area (Å²) in [6.45, 7) is 26.5. The number of ether oxygens (including phenoxy) is 2. The number of aryl methyl sites for hydroxylation is 2. The van der Waals surface area contributed by atoms with E-state index in [1.165, 1.54) is 44.5 Å². The fourth-order valence-corrected chi connectivity index (χ4v) is 4.27. The summed E-state index contributed by atoms with van der Waals surface area (Å²) in [6, 6.07) is 4.63. The van der Waals surface area contributed by atoms with Gasteiger partial charge in [0.2, 0.25) is 0 Å². The minimum absolute atomic E-state index is 0.128. The van der Waals surface area contributed by atoms with E-state index >= 15 is 0 Å². The Morgan fingerprint density at radius 2 is 0.812 bits per heavy atom. The van der Waals surface area contributed by atoms with Crippen molar-refractivity contribution in [2.75, 3.05) is 0 Å². The number of hydrogen-bond donors (Lipinski definition) is 0. The molecule has 0 spiro atoms. The van der Waals surface area contributed by atoms with Crippen LogP contribution in [0.4, 0.5) is 0 Å². The second-order valence-electron chi connectivity index (χ2n) is 10.2. The van der Waals surface area contributed by atoms with Gasteiger partial charge in [0.1, 0.15) is 22.7 Å². The second kappa shape index (κ2) is 9.89. The summed E-state index contributed by atoms with van der Waals surface area (Å²) in [5, 5.41) is 0. The van der Waals surface area contributed by atoms with Crippen LogP contribution in [-0.4, -0.2) is 11.2 Å². The van der Waals surface area contributed by atoms with Gasteiger partial charge in [-0.1, -0.05) is 27.7 Å². The maximum atomic E-state index is 6.59. The predicted molar refractivity (Wildman–Crippen MR) is 140 cm³/mol. The third-order valence-corrected chi connectivity index (χ3v) is 8.03. The molecule has 0 atom stereocenters. The topological polar surface area (TPSA) is 18.5 Å². The molecule has 2 aromatic rings. The maximum Gasteiger partial charge on any atom is 0.126 e. The molecule has 2 heteroatoms. The van der Waals surface area contributed by atoms with Gasteiger partial charge in [-0.15, -0.1) is 0 Å². The average molecular weight is 439 g/mol. The summed E-state index contributed by atoms with van der Waals surface area (Å²) in [5.74, 6) is 2.09. The van der Waals surface area contributed by atoms with E-state index in [9.17, 15) is 0 Å². The number of hydrogen-bond acceptors (Lipinski definition) is 2. The summed E-state index contributed by atoms with van der Waals surface area (Å²) in [4.78, 5) is 0. The van der Waals surface area contributed by atoms with Crippen molar-refractivity contribution in [1.82, 2.24) is 0 Å². The van der Waals surface area contributed by atoms with Gasteiger partial charge in [0.05, 0.1) is 0 Å². The summed E-state index contributed by atoms with van der Waals surface area (Å²) < 4.78 is 13.2. The van der Waals surface area contributed by atoms with E-state index in [2.05, 4.69) is 95.2 Å². The van der Waals surface area contributed by atoms with Crippen molar-refractivity contribution >= 4 is 0 Å². The van der Waals surface area contributed by atoms with Crippen LogP contribution in [0.15, 0.2) is 12.1 Å². The molecule has 0 aliphatic heterocycles. The van der Waals surface area contributed by atoms with Crippen LogP contribution in [0.3, 0.4) is 0 Å². The van der Waals surface area contributed by atoms with E-state index in [-0.39, 0.29) is 11.2 Å². The first-order chi connectivity index (χ1) is 14.9. The smallest absolute Gasteiger partial charge is 0.126 e. The SMILES string of the molecule is CCC(C)(CC)Oc1c(C)cc(-c2cc(C)c(OC(C)(CC)CC)c(C)c2C)c(C)c1C. The van der Waals surface area contributed by atoms with Gasteiger partial charge in [0.15, 0.2) is 0 Å². The Bertz CT molecular complexity index is 880. The van der Waals surface area contributed by atoms with Crippen LogP contribution in [0.25, 0.3) is 11.1 Å². The van der Waals surface area contributed by atoms with Gasteiger partial charge in [-0.05, 0) is 138 Å². The van der Waals surface area contributed by atoms with E-state index in [0.717, 1.165) is 37.2 Å². The monoisotopic (exact) mass is 438 g/mol. The lowest BCUT2D eigenvalue weighted by Crippen LogP contribution is -2.31. The Labute approximate surface area is 197 Å². The maximum absolute atomic E-state index is 6.59. The summed E-state index contributed by atoms with van der Waals surface area (Å²) >= 11 is 0. The number of rotatable bonds is 9. The van der Waals surface area contributed by atoms with Gasteiger partial charge < -0.3 is 9.47 Å². The van der Waals surface area contributed by atoms with Crippen LogP contribution in [0, 0.1) is 41.5 Å². The van der Waals surface area contributed by atoms with Gasteiger partial charge in [-0.3, -0.25) is 0 Å². The highest BCUT2D eigenvalue weighted by atomic mass is 16.5. The van der Waals surface area contributed by atoms with Gasteiger partial charge in [0, 0.05) is 0 Å². The highest BCUT2D eigenvalue weighted by molar-refractivity contribution is 5.77. The molecule has 32 heavy (non-hydrogen) atoms. The zero-order valence-corrected chi connectivity index (χ0v) is 22.8. The molecular weight excluding hydrogens is 392 g/mol. The molecular formula is C30H46O2. The molecule has 178 valence electrons. The van der Waals surface area contributed by atoms with Crippen LogP contribution in [0.5, 0.6) is 11.5 Å². The molecule has 0 aromatic heterocycles. The zero-order valence-electron chi connectivity index (χ0n) is 22.8. The summed E-state index contributed by atoms with van der Waals surface area (Å²) in [6.07, 6.45) is 3.99. The van der Waals surface area contributed by atoms with Crippen molar-refractivity contribution in [3.8, 4) is 22.6 Å². The average Bonchev–Trinajstić information content (AvgIpc) is 2.79. The molecule has 0 aliphatic rings. The molecule has 0 N–H and O–H groups in total.